The maximum Gasteiger partial charge on any atom is 0.326 e. The van der Waals surface area contributed by atoms with Gasteiger partial charge in [-0.2, -0.15) is 0 Å². The van der Waals surface area contributed by atoms with E-state index in [0.29, 0.717) is 12.0 Å². The predicted octanol–water partition coefficient (Wildman–Crippen LogP) is 1.95. The quantitative estimate of drug-likeness (QED) is 0.830. The van der Waals surface area contributed by atoms with Crippen molar-refractivity contribution in [2.45, 2.75) is 51.2 Å². The molecule has 1 aromatic carbocycles. The molecule has 0 spiro atoms. The van der Waals surface area contributed by atoms with Crippen molar-refractivity contribution < 1.29 is 23.5 Å². The Morgan fingerprint density at radius 1 is 1.33 bits per heavy atom. The van der Waals surface area contributed by atoms with E-state index in [-0.39, 0.29) is 24.4 Å². The van der Waals surface area contributed by atoms with Crippen LogP contribution in [0, 0.1) is 11.6 Å². The molecule has 1 aliphatic heterocycles. The summed E-state index contributed by atoms with van der Waals surface area (Å²) in [7, 11) is 0. The zero-order chi connectivity index (χ0) is 17.9. The Morgan fingerprint density at radius 2 is 2.04 bits per heavy atom. The van der Waals surface area contributed by atoms with Gasteiger partial charge in [-0.1, -0.05) is 6.07 Å². The van der Waals surface area contributed by atoms with Gasteiger partial charge in [0.15, 0.2) is 11.6 Å². The first-order chi connectivity index (χ1) is 11.3. The Kier molecular flexibility index (Phi) is 5.88. The van der Waals surface area contributed by atoms with Crippen molar-refractivity contribution in [2.75, 3.05) is 6.54 Å². The number of carboxylic acid groups (broad SMARTS) is 1. The molecule has 5 nitrogen and oxygen atoms in total. The zero-order valence-electron chi connectivity index (χ0n) is 13.8. The first-order valence-corrected chi connectivity index (χ1v) is 8.02. The molecule has 1 saturated heterocycles. The van der Waals surface area contributed by atoms with Crippen LogP contribution in [0.25, 0.3) is 0 Å². The molecule has 0 bridgehead atoms. The Balaban J connectivity index is 2.06. The first kappa shape index (κ1) is 18.3. The third-order valence-corrected chi connectivity index (χ3v) is 4.30. The lowest BCUT2D eigenvalue weighted by atomic mass is 10.0. The molecule has 2 N–H and O–H groups in total. The Morgan fingerprint density at radius 3 is 2.62 bits per heavy atom. The molecule has 24 heavy (non-hydrogen) atoms. The molecular formula is C17H22F2N2O3. The summed E-state index contributed by atoms with van der Waals surface area (Å²) in [5.74, 6) is -3.57. The topological polar surface area (TPSA) is 69.6 Å². The van der Waals surface area contributed by atoms with Gasteiger partial charge >= 0.3 is 5.97 Å². The number of carboxylic acids is 1. The third kappa shape index (κ3) is 4.29. The number of likely N-dealkylation sites (tertiary alicyclic amines) is 1. The van der Waals surface area contributed by atoms with Crippen LogP contribution in [0.4, 0.5) is 8.78 Å². The SMILES string of the molecule is CC(C)N1CCC[C@@H]1C(=O)N[C@@H](Cc1ccc(F)c(F)c1)C(=O)O. The average molecular weight is 340 g/mol. The van der Waals surface area contributed by atoms with Crippen LogP contribution in [0.5, 0.6) is 0 Å². The number of rotatable bonds is 6. The van der Waals surface area contributed by atoms with Crippen molar-refractivity contribution >= 4 is 11.9 Å². The second kappa shape index (κ2) is 7.70. The molecule has 0 aliphatic carbocycles. The van der Waals surface area contributed by atoms with Gasteiger partial charge < -0.3 is 10.4 Å². The normalized spacial score (nSPS) is 19.5. The molecule has 1 aromatic rings. The summed E-state index contributed by atoms with van der Waals surface area (Å²) in [6.45, 7) is 4.78. The molecule has 0 radical (unpaired) electrons. The number of benzene rings is 1. The number of hydrogen-bond donors (Lipinski definition) is 2. The number of hydrogen-bond acceptors (Lipinski definition) is 3. The number of nitrogens with zero attached hydrogens (tertiary/aromatic N) is 1. The number of halogens is 2. The number of carbonyl (C=O) groups excluding carboxylic acids is 1. The first-order valence-electron chi connectivity index (χ1n) is 8.02. The molecule has 0 aromatic heterocycles. The number of carbonyl (C=O) groups is 2. The lowest BCUT2D eigenvalue weighted by Crippen LogP contribution is -2.51. The Labute approximate surface area is 139 Å². The van der Waals surface area contributed by atoms with Gasteiger partial charge in [-0.05, 0) is 50.9 Å². The highest BCUT2D eigenvalue weighted by Gasteiger charge is 2.34. The maximum absolute atomic E-state index is 13.3. The summed E-state index contributed by atoms with van der Waals surface area (Å²) < 4.78 is 26.2. The summed E-state index contributed by atoms with van der Waals surface area (Å²) in [5.41, 5.74) is 0.314. The molecule has 2 atom stereocenters. The Hall–Kier alpha value is -2.02. The molecule has 7 heteroatoms. The van der Waals surface area contributed by atoms with Gasteiger partial charge in [0.1, 0.15) is 6.04 Å². The molecule has 2 rings (SSSR count). The summed E-state index contributed by atoms with van der Waals surface area (Å²) in [5, 5.41) is 11.9. The molecule has 1 aliphatic rings. The fourth-order valence-corrected chi connectivity index (χ4v) is 3.06. The van der Waals surface area contributed by atoms with Crippen LogP contribution in [0.3, 0.4) is 0 Å². The van der Waals surface area contributed by atoms with Crippen LogP contribution in [0.1, 0.15) is 32.3 Å². The van der Waals surface area contributed by atoms with Crippen molar-refractivity contribution in [3.05, 3.63) is 35.4 Å². The van der Waals surface area contributed by atoms with Gasteiger partial charge in [0.2, 0.25) is 5.91 Å². The van der Waals surface area contributed by atoms with E-state index in [1.807, 2.05) is 18.7 Å². The molecule has 1 amide bonds. The van der Waals surface area contributed by atoms with Gasteiger partial charge in [-0.15, -0.1) is 0 Å². The average Bonchev–Trinajstić information content (AvgIpc) is 3.00. The summed E-state index contributed by atoms with van der Waals surface area (Å²) in [4.78, 5) is 25.9. The van der Waals surface area contributed by atoms with Gasteiger partial charge in [0.25, 0.3) is 0 Å². The van der Waals surface area contributed by atoms with E-state index in [4.69, 9.17) is 0 Å². The van der Waals surface area contributed by atoms with Crippen LogP contribution in [0.2, 0.25) is 0 Å². The zero-order valence-corrected chi connectivity index (χ0v) is 13.8. The van der Waals surface area contributed by atoms with Crippen molar-refractivity contribution in [1.82, 2.24) is 10.2 Å². The molecule has 1 fully saturated rings. The van der Waals surface area contributed by atoms with E-state index < -0.39 is 23.6 Å². The molecule has 0 saturated carbocycles. The van der Waals surface area contributed by atoms with E-state index in [9.17, 15) is 23.5 Å². The maximum atomic E-state index is 13.3. The van der Waals surface area contributed by atoms with E-state index in [0.717, 1.165) is 25.1 Å². The van der Waals surface area contributed by atoms with Gasteiger partial charge in [-0.3, -0.25) is 9.69 Å². The van der Waals surface area contributed by atoms with Gasteiger partial charge in [-0.25, -0.2) is 13.6 Å². The lowest BCUT2D eigenvalue weighted by molar-refractivity contribution is -0.142. The minimum Gasteiger partial charge on any atom is -0.480 e. The highest BCUT2D eigenvalue weighted by atomic mass is 19.2. The second-order valence-corrected chi connectivity index (χ2v) is 6.34. The van der Waals surface area contributed by atoms with E-state index >= 15 is 0 Å². The number of amides is 1. The molecular weight excluding hydrogens is 318 g/mol. The predicted molar refractivity (Wildman–Crippen MR) is 84.5 cm³/mol. The highest BCUT2D eigenvalue weighted by molar-refractivity contribution is 5.87. The second-order valence-electron chi connectivity index (χ2n) is 6.34. The molecule has 1 heterocycles. The molecule has 132 valence electrons. The highest BCUT2D eigenvalue weighted by Crippen LogP contribution is 2.20. The van der Waals surface area contributed by atoms with E-state index in [1.54, 1.807) is 0 Å². The standard InChI is InChI=1S/C17H22F2N2O3/c1-10(2)21-7-3-4-15(21)16(22)20-14(17(23)24)9-11-5-6-12(18)13(19)8-11/h5-6,8,10,14-15H,3-4,7,9H2,1-2H3,(H,20,22)(H,23,24)/t14-,15+/m0/s1. The fourth-order valence-electron chi connectivity index (χ4n) is 3.06. The van der Waals surface area contributed by atoms with Gasteiger partial charge in [0.05, 0.1) is 6.04 Å². The lowest BCUT2D eigenvalue weighted by Gasteiger charge is -2.28. The third-order valence-electron chi connectivity index (χ3n) is 4.30. The van der Waals surface area contributed by atoms with E-state index in [2.05, 4.69) is 5.32 Å². The van der Waals surface area contributed by atoms with Crippen LogP contribution in [0.15, 0.2) is 18.2 Å². The monoisotopic (exact) mass is 340 g/mol. The van der Waals surface area contributed by atoms with Crippen molar-refractivity contribution in [3.8, 4) is 0 Å². The Bertz CT molecular complexity index is 622. The number of aliphatic carboxylic acids is 1. The minimum atomic E-state index is -1.21. The fraction of sp³-hybridized carbons (Fsp3) is 0.529. The van der Waals surface area contributed by atoms with Crippen LogP contribution >= 0.6 is 0 Å². The molecule has 0 unspecified atom stereocenters. The van der Waals surface area contributed by atoms with Crippen molar-refractivity contribution in [2.24, 2.45) is 0 Å². The van der Waals surface area contributed by atoms with Crippen molar-refractivity contribution in [1.29, 1.82) is 0 Å². The van der Waals surface area contributed by atoms with Crippen LogP contribution < -0.4 is 5.32 Å². The smallest absolute Gasteiger partial charge is 0.326 e. The summed E-state index contributed by atoms with van der Waals surface area (Å²) >= 11 is 0. The van der Waals surface area contributed by atoms with Crippen LogP contribution in [-0.4, -0.2) is 46.6 Å². The number of nitrogens with one attached hydrogen (secondary N) is 1. The summed E-state index contributed by atoms with van der Waals surface area (Å²) in [6, 6.07) is 1.87. The van der Waals surface area contributed by atoms with Crippen molar-refractivity contribution in [3.63, 3.8) is 0 Å². The van der Waals surface area contributed by atoms with Crippen LogP contribution in [-0.2, 0) is 16.0 Å². The largest absolute Gasteiger partial charge is 0.480 e. The van der Waals surface area contributed by atoms with E-state index in [1.165, 1.54) is 6.07 Å². The minimum absolute atomic E-state index is 0.104. The summed E-state index contributed by atoms with van der Waals surface area (Å²) in [6.07, 6.45) is 1.46. The van der Waals surface area contributed by atoms with Gasteiger partial charge in [0, 0.05) is 12.5 Å².